The molecule has 1 amide bonds. The number of nitrogens with zero attached hydrogens (tertiary/aromatic N) is 4. The number of amides is 1. The molecular weight excluding hydrogens is 254 g/mol. The molecule has 0 bridgehead atoms. The number of anilines is 1. The maximum absolute atomic E-state index is 11.8. The van der Waals surface area contributed by atoms with Gasteiger partial charge in [0.05, 0.1) is 6.54 Å². The lowest BCUT2D eigenvalue weighted by molar-refractivity contribution is 0.253. The van der Waals surface area contributed by atoms with E-state index in [-0.39, 0.29) is 6.03 Å². The van der Waals surface area contributed by atoms with E-state index in [2.05, 4.69) is 15.4 Å². The molecular formula is C14H13N5O. The molecule has 6 heteroatoms. The van der Waals surface area contributed by atoms with Crippen molar-refractivity contribution in [3.8, 4) is 0 Å². The minimum Gasteiger partial charge on any atom is -0.307 e. The molecule has 3 aromatic rings. The minimum atomic E-state index is -0.234. The van der Waals surface area contributed by atoms with Crippen LogP contribution in [0.5, 0.6) is 0 Å². The molecule has 3 rings (SSSR count). The van der Waals surface area contributed by atoms with Crippen molar-refractivity contribution in [3.05, 3.63) is 67.0 Å². The highest BCUT2D eigenvalue weighted by molar-refractivity contribution is 5.90. The van der Waals surface area contributed by atoms with Crippen molar-refractivity contribution in [1.82, 2.24) is 19.3 Å². The maximum atomic E-state index is 11.8. The fourth-order valence-electron chi connectivity index (χ4n) is 1.84. The highest BCUT2D eigenvalue weighted by atomic mass is 16.2. The standard InChI is InChI=1S/C14H13N5O/c20-14(18-9-7-15-11-18)17-13-4-2-12(3-5-13)10-19-8-1-6-16-19/h1-9,11H,10H2,(H,17,20). The first-order valence-electron chi connectivity index (χ1n) is 6.17. The SMILES string of the molecule is O=C(Nc1ccc(Cn2cccn2)cc1)n1ccnc1. The van der Waals surface area contributed by atoms with E-state index in [1.165, 1.54) is 10.9 Å². The summed E-state index contributed by atoms with van der Waals surface area (Å²) in [6.07, 6.45) is 8.28. The Morgan fingerprint density at radius 2 is 2.00 bits per heavy atom. The van der Waals surface area contributed by atoms with Crippen LogP contribution in [-0.2, 0) is 6.54 Å². The van der Waals surface area contributed by atoms with Crippen LogP contribution in [0, 0.1) is 0 Å². The molecule has 0 radical (unpaired) electrons. The van der Waals surface area contributed by atoms with Gasteiger partial charge in [-0.15, -0.1) is 0 Å². The molecule has 20 heavy (non-hydrogen) atoms. The molecule has 0 aliphatic heterocycles. The number of hydrogen-bond donors (Lipinski definition) is 1. The van der Waals surface area contributed by atoms with Gasteiger partial charge in [-0.2, -0.15) is 5.10 Å². The van der Waals surface area contributed by atoms with E-state index in [1.807, 2.05) is 41.2 Å². The van der Waals surface area contributed by atoms with Crippen LogP contribution in [0.1, 0.15) is 5.56 Å². The summed E-state index contributed by atoms with van der Waals surface area (Å²) >= 11 is 0. The summed E-state index contributed by atoms with van der Waals surface area (Å²) in [7, 11) is 0. The first kappa shape index (κ1) is 12.2. The molecule has 100 valence electrons. The third-order valence-electron chi connectivity index (χ3n) is 2.85. The van der Waals surface area contributed by atoms with E-state index in [9.17, 15) is 4.79 Å². The third-order valence-corrected chi connectivity index (χ3v) is 2.85. The highest BCUT2D eigenvalue weighted by Gasteiger charge is 2.03. The van der Waals surface area contributed by atoms with Crippen molar-refractivity contribution in [3.63, 3.8) is 0 Å². The zero-order valence-corrected chi connectivity index (χ0v) is 10.7. The molecule has 0 aliphatic carbocycles. The van der Waals surface area contributed by atoms with Gasteiger partial charge < -0.3 is 5.32 Å². The average molecular weight is 267 g/mol. The van der Waals surface area contributed by atoms with Gasteiger partial charge in [0.2, 0.25) is 0 Å². The Kier molecular flexibility index (Phi) is 3.28. The van der Waals surface area contributed by atoms with Gasteiger partial charge in [0, 0.05) is 30.5 Å². The zero-order chi connectivity index (χ0) is 13.8. The van der Waals surface area contributed by atoms with Gasteiger partial charge in [-0.1, -0.05) is 12.1 Å². The van der Waals surface area contributed by atoms with Gasteiger partial charge in [0.25, 0.3) is 0 Å². The predicted octanol–water partition coefficient (Wildman–Crippen LogP) is 2.21. The second-order valence-electron chi connectivity index (χ2n) is 4.30. The van der Waals surface area contributed by atoms with Crippen LogP contribution in [0.15, 0.2) is 61.4 Å². The smallest absolute Gasteiger partial charge is 0.307 e. The molecule has 1 aromatic carbocycles. The van der Waals surface area contributed by atoms with E-state index in [1.54, 1.807) is 18.6 Å². The van der Waals surface area contributed by atoms with Crippen LogP contribution < -0.4 is 5.32 Å². The summed E-state index contributed by atoms with van der Waals surface area (Å²) < 4.78 is 3.23. The van der Waals surface area contributed by atoms with E-state index >= 15 is 0 Å². The number of hydrogen-bond acceptors (Lipinski definition) is 3. The Labute approximate surface area is 115 Å². The number of aromatic nitrogens is 4. The first-order valence-corrected chi connectivity index (χ1v) is 6.17. The van der Waals surface area contributed by atoms with Crippen LogP contribution in [-0.4, -0.2) is 25.4 Å². The summed E-state index contributed by atoms with van der Waals surface area (Å²) in [5.74, 6) is 0. The van der Waals surface area contributed by atoms with Crippen LogP contribution in [0.2, 0.25) is 0 Å². The predicted molar refractivity (Wildman–Crippen MR) is 74.4 cm³/mol. The van der Waals surface area contributed by atoms with Gasteiger partial charge in [0.1, 0.15) is 6.33 Å². The van der Waals surface area contributed by atoms with Gasteiger partial charge >= 0.3 is 6.03 Å². The second-order valence-corrected chi connectivity index (χ2v) is 4.30. The van der Waals surface area contributed by atoms with E-state index in [0.717, 1.165) is 11.3 Å². The fraction of sp³-hybridized carbons (Fsp3) is 0.0714. The summed E-state index contributed by atoms with van der Waals surface area (Å²) in [5, 5.41) is 6.94. The summed E-state index contributed by atoms with van der Waals surface area (Å²) in [5.41, 5.74) is 1.86. The summed E-state index contributed by atoms with van der Waals surface area (Å²) in [6, 6.07) is 9.32. The quantitative estimate of drug-likeness (QED) is 0.791. The lowest BCUT2D eigenvalue weighted by atomic mass is 10.2. The summed E-state index contributed by atoms with van der Waals surface area (Å²) in [6.45, 7) is 0.711. The Morgan fingerprint density at radius 1 is 1.15 bits per heavy atom. The number of imidazole rings is 1. The van der Waals surface area contributed by atoms with Crippen molar-refractivity contribution in [2.45, 2.75) is 6.54 Å². The molecule has 6 nitrogen and oxygen atoms in total. The average Bonchev–Trinajstić information content (AvgIpc) is 3.13. The molecule has 2 heterocycles. The Bertz CT molecular complexity index is 671. The number of rotatable bonds is 3. The van der Waals surface area contributed by atoms with Crippen molar-refractivity contribution >= 4 is 11.7 Å². The van der Waals surface area contributed by atoms with Crippen LogP contribution in [0.25, 0.3) is 0 Å². The van der Waals surface area contributed by atoms with Gasteiger partial charge in [-0.3, -0.25) is 9.25 Å². The van der Waals surface area contributed by atoms with Crippen molar-refractivity contribution < 1.29 is 4.79 Å². The van der Waals surface area contributed by atoms with E-state index in [4.69, 9.17) is 0 Å². The molecule has 0 fully saturated rings. The highest BCUT2D eigenvalue weighted by Crippen LogP contribution is 2.11. The Hall–Kier alpha value is -2.89. The maximum Gasteiger partial charge on any atom is 0.331 e. The van der Waals surface area contributed by atoms with Crippen molar-refractivity contribution in [2.24, 2.45) is 0 Å². The van der Waals surface area contributed by atoms with Crippen LogP contribution in [0.4, 0.5) is 10.5 Å². The summed E-state index contributed by atoms with van der Waals surface area (Å²) in [4.78, 5) is 15.6. The minimum absolute atomic E-state index is 0.234. The Balaban J connectivity index is 1.65. The number of carbonyl (C=O) groups is 1. The molecule has 0 saturated heterocycles. The number of nitrogens with one attached hydrogen (secondary N) is 1. The first-order chi connectivity index (χ1) is 9.81. The molecule has 0 spiro atoms. The van der Waals surface area contributed by atoms with Crippen molar-refractivity contribution in [1.29, 1.82) is 0 Å². The van der Waals surface area contributed by atoms with Crippen LogP contribution in [0.3, 0.4) is 0 Å². The van der Waals surface area contributed by atoms with E-state index < -0.39 is 0 Å². The van der Waals surface area contributed by atoms with Gasteiger partial charge in [-0.25, -0.2) is 9.78 Å². The lowest BCUT2D eigenvalue weighted by Crippen LogP contribution is -2.17. The molecule has 0 unspecified atom stereocenters. The molecule has 1 N–H and O–H groups in total. The third kappa shape index (κ3) is 2.74. The normalized spacial score (nSPS) is 10.4. The van der Waals surface area contributed by atoms with Crippen molar-refractivity contribution in [2.75, 3.05) is 5.32 Å². The monoisotopic (exact) mass is 267 g/mol. The molecule has 0 atom stereocenters. The fourth-order valence-corrected chi connectivity index (χ4v) is 1.84. The Morgan fingerprint density at radius 3 is 2.65 bits per heavy atom. The second kappa shape index (κ2) is 5.40. The molecule has 0 saturated carbocycles. The molecule has 2 aromatic heterocycles. The number of carbonyl (C=O) groups excluding carboxylic acids is 1. The zero-order valence-electron chi connectivity index (χ0n) is 10.7. The number of benzene rings is 1. The molecule has 0 aliphatic rings. The largest absolute Gasteiger partial charge is 0.331 e. The van der Waals surface area contributed by atoms with E-state index in [0.29, 0.717) is 6.54 Å². The van der Waals surface area contributed by atoms with Crippen LogP contribution >= 0.6 is 0 Å². The van der Waals surface area contributed by atoms with Gasteiger partial charge in [-0.05, 0) is 23.8 Å². The van der Waals surface area contributed by atoms with Gasteiger partial charge in [0.15, 0.2) is 0 Å². The topological polar surface area (TPSA) is 64.7 Å². The lowest BCUT2D eigenvalue weighted by Gasteiger charge is -2.07.